The molecule has 0 saturated carbocycles. The molecule has 3 rings (SSSR count). The molecule has 0 aliphatic carbocycles. The summed E-state index contributed by atoms with van der Waals surface area (Å²) in [6.45, 7) is 3.53. The fourth-order valence-electron chi connectivity index (χ4n) is 2.04. The number of aromatic nitrogens is 5. The molecule has 0 aliphatic heterocycles. The minimum atomic E-state index is 0.680. The number of hydrogen-bond donors (Lipinski definition) is 1. The van der Waals surface area contributed by atoms with Crippen molar-refractivity contribution in [2.24, 2.45) is 7.05 Å². The zero-order valence-electron chi connectivity index (χ0n) is 11.0. The van der Waals surface area contributed by atoms with Crippen LogP contribution in [0.3, 0.4) is 0 Å². The zero-order chi connectivity index (χ0) is 13.2. The minimum Gasteiger partial charge on any atom is -0.306 e. The molecular formula is C13H16N6. The molecule has 3 aromatic heterocycles. The van der Waals surface area contributed by atoms with Gasteiger partial charge in [-0.05, 0) is 19.1 Å². The lowest BCUT2D eigenvalue weighted by Gasteiger charge is -2.03. The van der Waals surface area contributed by atoms with Crippen molar-refractivity contribution < 1.29 is 0 Å². The lowest BCUT2D eigenvalue weighted by atomic mass is 10.2. The van der Waals surface area contributed by atoms with Gasteiger partial charge in [-0.2, -0.15) is 5.10 Å². The van der Waals surface area contributed by atoms with Gasteiger partial charge in [0.1, 0.15) is 0 Å². The van der Waals surface area contributed by atoms with Gasteiger partial charge in [0.15, 0.2) is 11.5 Å². The van der Waals surface area contributed by atoms with Crippen LogP contribution in [-0.4, -0.2) is 24.4 Å². The number of aryl methyl sites for hydroxylation is 1. The van der Waals surface area contributed by atoms with Crippen LogP contribution in [0.1, 0.15) is 17.1 Å². The lowest BCUT2D eigenvalue weighted by Crippen LogP contribution is -2.15. The van der Waals surface area contributed by atoms with E-state index in [9.17, 15) is 0 Å². The predicted molar refractivity (Wildman–Crippen MR) is 71.5 cm³/mol. The maximum absolute atomic E-state index is 4.23. The Bertz CT molecular complexity index is 696. The van der Waals surface area contributed by atoms with E-state index in [1.54, 1.807) is 0 Å². The van der Waals surface area contributed by atoms with Gasteiger partial charge in [-0.1, -0.05) is 6.07 Å². The van der Waals surface area contributed by atoms with Gasteiger partial charge in [0.05, 0.1) is 12.7 Å². The van der Waals surface area contributed by atoms with E-state index in [4.69, 9.17) is 0 Å². The van der Waals surface area contributed by atoms with Crippen molar-refractivity contribution >= 4 is 5.65 Å². The van der Waals surface area contributed by atoms with Gasteiger partial charge in [-0.3, -0.25) is 9.08 Å². The van der Waals surface area contributed by atoms with Gasteiger partial charge in [0.25, 0.3) is 0 Å². The molecule has 0 atom stereocenters. The standard InChI is InChI=1S/C13H16N6/c1-10-11(8-15-18(10)2)7-14-9-13-17-16-12-5-3-4-6-19(12)13/h3-6,8,14H,7,9H2,1-2H3. The molecule has 0 spiro atoms. The normalized spacial score (nSPS) is 11.3. The van der Waals surface area contributed by atoms with Crippen LogP contribution in [-0.2, 0) is 20.1 Å². The summed E-state index contributed by atoms with van der Waals surface area (Å²) in [6, 6.07) is 5.88. The van der Waals surface area contributed by atoms with Crippen LogP contribution in [0.5, 0.6) is 0 Å². The lowest BCUT2D eigenvalue weighted by molar-refractivity contribution is 0.652. The monoisotopic (exact) mass is 256 g/mol. The van der Waals surface area contributed by atoms with E-state index < -0.39 is 0 Å². The van der Waals surface area contributed by atoms with Crippen LogP contribution in [0.15, 0.2) is 30.6 Å². The highest BCUT2D eigenvalue weighted by molar-refractivity contribution is 5.36. The summed E-state index contributed by atoms with van der Waals surface area (Å²) in [5.74, 6) is 0.914. The van der Waals surface area contributed by atoms with Crippen molar-refractivity contribution in [3.05, 3.63) is 47.7 Å². The SMILES string of the molecule is Cc1c(CNCc2nnc3ccccn23)cnn1C. The molecule has 3 aromatic rings. The highest BCUT2D eigenvalue weighted by Gasteiger charge is 2.06. The number of hydrogen-bond acceptors (Lipinski definition) is 4. The Morgan fingerprint density at radius 3 is 2.89 bits per heavy atom. The second kappa shape index (κ2) is 4.81. The van der Waals surface area contributed by atoms with Crippen molar-refractivity contribution in [2.45, 2.75) is 20.0 Å². The topological polar surface area (TPSA) is 60.0 Å². The molecule has 0 aliphatic rings. The van der Waals surface area contributed by atoms with Crippen LogP contribution in [0.2, 0.25) is 0 Å². The second-order valence-corrected chi connectivity index (χ2v) is 4.53. The molecular weight excluding hydrogens is 240 g/mol. The van der Waals surface area contributed by atoms with Crippen molar-refractivity contribution in [3.63, 3.8) is 0 Å². The highest BCUT2D eigenvalue weighted by Crippen LogP contribution is 2.06. The summed E-state index contributed by atoms with van der Waals surface area (Å²) in [5, 5.41) is 15.9. The van der Waals surface area contributed by atoms with Crippen LogP contribution in [0, 0.1) is 6.92 Å². The molecule has 98 valence electrons. The predicted octanol–water partition coefficient (Wildman–Crippen LogP) is 1.06. The quantitative estimate of drug-likeness (QED) is 0.758. The summed E-state index contributed by atoms with van der Waals surface area (Å²) in [7, 11) is 1.95. The second-order valence-electron chi connectivity index (χ2n) is 4.53. The first-order chi connectivity index (χ1) is 9.25. The van der Waals surface area contributed by atoms with E-state index in [-0.39, 0.29) is 0 Å². The van der Waals surface area contributed by atoms with Crippen molar-refractivity contribution in [1.82, 2.24) is 29.7 Å². The van der Waals surface area contributed by atoms with E-state index in [1.165, 1.54) is 11.3 Å². The molecule has 0 radical (unpaired) electrons. The van der Waals surface area contributed by atoms with E-state index >= 15 is 0 Å². The van der Waals surface area contributed by atoms with Gasteiger partial charge >= 0.3 is 0 Å². The molecule has 0 fully saturated rings. The Morgan fingerprint density at radius 1 is 1.21 bits per heavy atom. The van der Waals surface area contributed by atoms with Gasteiger partial charge in [-0.15, -0.1) is 10.2 Å². The van der Waals surface area contributed by atoms with E-state index in [2.05, 4.69) is 27.5 Å². The highest BCUT2D eigenvalue weighted by atomic mass is 15.3. The molecule has 19 heavy (non-hydrogen) atoms. The molecule has 1 N–H and O–H groups in total. The number of fused-ring (bicyclic) bond motifs is 1. The summed E-state index contributed by atoms with van der Waals surface area (Å²) in [6.07, 6.45) is 3.87. The Morgan fingerprint density at radius 2 is 2.11 bits per heavy atom. The summed E-state index contributed by atoms with van der Waals surface area (Å²) in [5.41, 5.74) is 3.26. The van der Waals surface area contributed by atoms with Crippen molar-refractivity contribution in [2.75, 3.05) is 0 Å². The molecule has 0 aromatic carbocycles. The Balaban J connectivity index is 1.68. The van der Waals surface area contributed by atoms with Crippen molar-refractivity contribution in [1.29, 1.82) is 0 Å². The molecule has 0 saturated heterocycles. The molecule has 6 heteroatoms. The van der Waals surface area contributed by atoms with Crippen LogP contribution in [0.4, 0.5) is 0 Å². The average Bonchev–Trinajstić information content (AvgIpc) is 2.97. The third-order valence-corrected chi connectivity index (χ3v) is 3.32. The zero-order valence-corrected chi connectivity index (χ0v) is 11.0. The first kappa shape index (κ1) is 11.9. The molecule has 0 bridgehead atoms. The van der Waals surface area contributed by atoms with Crippen molar-refractivity contribution in [3.8, 4) is 0 Å². The smallest absolute Gasteiger partial charge is 0.160 e. The average molecular weight is 256 g/mol. The van der Waals surface area contributed by atoms with Gasteiger partial charge in [0, 0.05) is 31.0 Å². The first-order valence-corrected chi connectivity index (χ1v) is 6.22. The number of nitrogens with one attached hydrogen (secondary N) is 1. The van der Waals surface area contributed by atoms with Gasteiger partial charge in [0.2, 0.25) is 0 Å². The molecule has 3 heterocycles. The minimum absolute atomic E-state index is 0.680. The summed E-state index contributed by atoms with van der Waals surface area (Å²) in [4.78, 5) is 0. The largest absolute Gasteiger partial charge is 0.306 e. The fourth-order valence-corrected chi connectivity index (χ4v) is 2.04. The van der Waals surface area contributed by atoms with E-state index in [0.29, 0.717) is 6.54 Å². The maximum Gasteiger partial charge on any atom is 0.160 e. The van der Waals surface area contributed by atoms with Gasteiger partial charge in [-0.25, -0.2) is 0 Å². The third-order valence-electron chi connectivity index (χ3n) is 3.32. The van der Waals surface area contributed by atoms with Gasteiger partial charge < -0.3 is 5.32 Å². The molecule has 6 nitrogen and oxygen atoms in total. The summed E-state index contributed by atoms with van der Waals surface area (Å²) < 4.78 is 3.87. The third kappa shape index (κ3) is 2.22. The van der Waals surface area contributed by atoms with Crippen LogP contribution in [0.25, 0.3) is 5.65 Å². The molecule has 0 unspecified atom stereocenters. The Hall–Kier alpha value is -2.21. The Kier molecular flexibility index (Phi) is 3.00. The Labute approximate surface area is 111 Å². The van der Waals surface area contributed by atoms with E-state index in [1.807, 2.05) is 46.7 Å². The van der Waals surface area contributed by atoms with E-state index in [0.717, 1.165) is 18.0 Å². The molecule has 0 amide bonds. The summed E-state index contributed by atoms with van der Waals surface area (Å²) >= 11 is 0. The number of rotatable bonds is 4. The number of nitrogens with zero attached hydrogens (tertiary/aromatic N) is 5. The number of pyridine rings is 1. The fraction of sp³-hybridized carbons (Fsp3) is 0.308. The first-order valence-electron chi connectivity index (χ1n) is 6.22. The maximum atomic E-state index is 4.23. The van der Waals surface area contributed by atoms with Crippen LogP contribution >= 0.6 is 0 Å². The van der Waals surface area contributed by atoms with Crippen LogP contribution < -0.4 is 5.32 Å².